The van der Waals surface area contributed by atoms with Crippen LogP contribution in [0.1, 0.15) is 48.4 Å². The van der Waals surface area contributed by atoms with Crippen molar-refractivity contribution in [1.29, 1.82) is 0 Å². The first-order valence-electron chi connectivity index (χ1n) is 11.2. The van der Waals surface area contributed by atoms with Crippen molar-refractivity contribution in [2.45, 2.75) is 32.6 Å². The molecule has 1 amide bonds. The van der Waals surface area contributed by atoms with Gasteiger partial charge in [-0.2, -0.15) is 4.31 Å². The largest absolute Gasteiger partial charge is 0.461 e. The van der Waals surface area contributed by atoms with Gasteiger partial charge in [-0.05, 0) is 61.6 Å². The van der Waals surface area contributed by atoms with Crippen molar-refractivity contribution in [1.82, 2.24) is 9.21 Å². The molecule has 0 spiro atoms. The van der Waals surface area contributed by atoms with Crippen LogP contribution in [0.5, 0.6) is 0 Å². The number of esters is 1. The zero-order valence-electron chi connectivity index (χ0n) is 19.7. The average Bonchev–Trinajstić information content (AvgIpc) is 2.83. The topological polar surface area (TPSA) is 96.0 Å². The van der Waals surface area contributed by atoms with E-state index in [4.69, 9.17) is 4.74 Å². The first-order chi connectivity index (χ1) is 15.8. The number of amides is 1. The lowest BCUT2D eigenvalue weighted by Gasteiger charge is -2.18. The summed E-state index contributed by atoms with van der Waals surface area (Å²) < 4.78 is 31.8. The lowest BCUT2D eigenvalue weighted by molar-refractivity contribution is 0.0466. The number of carbonyl (C=O) groups excluding carboxylic acids is 2. The van der Waals surface area contributed by atoms with E-state index in [0.29, 0.717) is 43.1 Å². The minimum Gasteiger partial charge on any atom is -0.461 e. The van der Waals surface area contributed by atoms with Crippen LogP contribution < -0.4 is 5.32 Å². The number of ether oxygens (including phenoxy) is 1. The van der Waals surface area contributed by atoms with Gasteiger partial charge in [0.1, 0.15) is 6.61 Å². The second-order valence-corrected chi connectivity index (χ2v) is 9.25. The lowest BCUT2D eigenvalue weighted by atomic mass is 10.2. The normalized spacial score (nSPS) is 11.6. The third-order valence-electron chi connectivity index (χ3n) is 5.37. The molecular weight excluding hydrogens is 442 g/mol. The van der Waals surface area contributed by atoms with Crippen LogP contribution in [0.4, 0.5) is 5.69 Å². The van der Waals surface area contributed by atoms with E-state index in [1.165, 1.54) is 28.6 Å². The van der Waals surface area contributed by atoms with E-state index in [2.05, 4.69) is 24.1 Å². The summed E-state index contributed by atoms with van der Waals surface area (Å²) in [7, 11) is -3.58. The molecule has 180 valence electrons. The summed E-state index contributed by atoms with van der Waals surface area (Å²) >= 11 is 0. The Hall–Kier alpha value is -2.75. The predicted octanol–water partition coefficient (Wildman–Crippen LogP) is 3.47. The van der Waals surface area contributed by atoms with E-state index < -0.39 is 16.0 Å². The van der Waals surface area contributed by atoms with E-state index in [1.807, 2.05) is 0 Å². The Bertz CT molecular complexity index is 1010. The molecule has 0 radical (unpaired) electrons. The van der Waals surface area contributed by atoms with Gasteiger partial charge >= 0.3 is 5.97 Å². The fourth-order valence-electron chi connectivity index (χ4n) is 3.27. The highest BCUT2D eigenvalue weighted by Gasteiger charge is 2.21. The van der Waals surface area contributed by atoms with Crippen LogP contribution in [0, 0.1) is 0 Å². The van der Waals surface area contributed by atoms with E-state index in [1.54, 1.807) is 38.1 Å². The van der Waals surface area contributed by atoms with Crippen LogP contribution in [-0.4, -0.2) is 68.8 Å². The molecule has 9 heteroatoms. The van der Waals surface area contributed by atoms with Gasteiger partial charge in [0.2, 0.25) is 10.0 Å². The predicted molar refractivity (Wildman–Crippen MR) is 129 cm³/mol. The molecule has 0 aliphatic rings. The maximum absolute atomic E-state index is 12.6. The fourth-order valence-corrected chi connectivity index (χ4v) is 4.73. The van der Waals surface area contributed by atoms with E-state index in [-0.39, 0.29) is 10.8 Å². The minimum absolute atomic E-state index is 0.145. The number of carbonyl (C=O) groups is 2. The van der Waals surface area contributed by atoms with Gasteiger partial charge in [-0.3, -0.25) is 4.79 Å². The Labute approximate surface area is 196 Å². The number of nitrogens with zero attached hydrogens (tertiary/aromatic N) is 2. The minimum atomic E-state index is -3.58. The Kier molecular flexibility index (Phi) is 10.0. The van der Waals surface area contributed by atoms with Gasteiger partial charge in [-0.15, -0.1) is 0 Å². The molecule has 33 heavy (non-hydrogen) atoms. The van der Waals surface area contributed by atoms with Crippen molar-refractivity contribution in [2.75, 3.05) is 44.6 Å². The fraction of sp³-hybridized carbons (Fsp3) is 0.417. The van der Waals surface area contributed by atoms with Crippen LogP contribution in [-0.2, 0) is 14.8 Å². The molecule has 0 fully saturated rings. The number of hydrogen-bond donors (Lipinski definition) is 1. The monoisotopic (exact) mass is 475 g/mol. The molecule has 0 heterocycles. The maximum atomic E-state index is 12.6. The number of likely N-dealkylation sites (N-methyl/N-ethyl adjacent to an activating group) is 1. The Morgan fingerprint density at radius 2 is 1.36 bits per heavy atom. The third kappa shape index (κ3) is 7.12. The first-order valence-corrected chi connectivity index (χ1v) is 12.6. The Morgan fingerprint density at radius 3 is 1.88 bits per heavy atom. The van der Waals surface area contributed by atoms with E-state index >= 15 is 0 Å². The van der Waals surface area contributed by atoms with Gasteiger partial charge in [-0.25, -0.2) is 13.2 Å². The molecule has 0 unspecified atom stereocenters. The summed E-state index contributed by atoms with van der Waals surface area (Å²) in [5, 5.41) is 2.74. The van der Waals surface area contributed by atoms with Crippen molar-refractivity contribution in [3.8, 4) is 0 Å². The molecule has 0 saturated carbocycles. The molecule has 0 aliphatic heterocycles. The van der Waals surface area contributed by atoms with Crippen LogP contribution in [0.25, 0.3) is 0 Å². The molecule has 2 aromatic carbocycles. The van der Waals surface area contributed by atoms with Crippen molar-refractivity contribution in [2.24, 2.45) is 0 Å². The van der Waals surface area contributed by atoms with Crippen LogP contribution in [0.2, 0.25) is 0 Å². The lowest BCUT2D eigenvalue weighted by Crippen LogP contribution is -2.30. The van der Waals surface area contributed by atoms with Crippen molar-refractivity contribution in [3.63, 3.8) is 0 Å². The molecule has 2 rings (SSSR count). The molecule has 1 N–H and O–H groups in total. The van der Waals surface area contributed by atoms with Gasteiger partial charge in [-0.1, -0.05) is 27.7 Å². The standard InChI is InChI=1S/C24H33N3O5S/c1-5-26(6-2)17-18-32-24(29)20-9-13-21(14-10-20)25-23(28)19-11-15-22(16-12-19)33(30,31)27(7-3)8-4/h9-16H,5-8,17-18H2,1-4H3,(H,25,28). The highest BCUT2D eigenvalue weighted by Crippen LogP contribution is 2.17. The highest BCUT2D eigenvalue weighted by molar-refractivity contribution is 7.89. The number of nitrogens with one attached hydrogen (secondary N) is 1. The summed E-state index contributed by atoms with van der Waals surface area (Å²) in [4.78, 5) is 27.0. The van der Waals surface area contributed by atoms with Gasteiger partial charge in [0, 0.05) is 30.9 Å². The second kappa shape index (κ2) is 12.5. The van der Waals surface area contributed by atoms with Crippen molar-refractivity contribution < 1.29 is 22.7 Å². The number of anilines is 1. The summed E-state index contributed by atoms with van der Waals surface area (Å²) in [5.74, 6) is -0.790. The van der Waals surface area contributed by atoms with E-state index in [0.717, 1.165) is 13.1 Å². The number of benzene rings is 2. The molecule has 8 nitrogen and oxygen atoms in total. The zero-order chi connectivity index (χ0) is 24.4. The van der Waals surface area contributed by atoms with Gasteiger partial charge < -0.3 is 15.0 Å². The van der Waals surface area contributed by atoms with Crippen LogP contribution >= 0.6 is 0 Å². The van der Waals surface area contributed by atoms with Crippen LogP contribution in [0.15, 0.2) is 53.4 Å². The number of rotatable bonds is 12. The number of hydrogen-bond acceptors (Lipinski definition) is 6. The summed E-state index contributed by atoms with van der Waals surface area (Å²) in [6.07, 6.45) is 0. The highest BCUT2D eigenvalue weighted by atomic mass is 32.2. The molecule has 0 aromatic heterocycles. The first kappa shape index (κ1) is 26.5. The van der Waals surface area contributed by atoms with Crippen LogP contribution in [0.3, 0.4) is 0 Å². The SMILES string of the molecule is CCN(CC)CCOC(=O)c1ccc(NC(=O)c2ccc(S(=O)(=O)N(CC)CC)cc2)cc1. The quantitative estimate of drug-likeness (QED) is 0.472. The van der Waals surface area contributed by atoms with Gasteiger partial charge in [0.05, 0.1) is 10.5 Å². The number of sulfonamides is 1. The molecule has 0 bridgehead atoms. The van der Waals surface area contributed by atoms with E-state index in [9.17, 15) is 18.0 Å². The Balaban J connectivity index is 1.97. The molecule has 0 saturated heterocycles. The van der Waals surface area contributed by atoms with Gasteiger partial charge in [0.15, 0.2) is 0 Å². The summed E-state index contributed by atoms with van der Waals surface area (Å²) in [6.45, 7) is 11.2. The van der Waals surface area contributed by atoms with Crippen molar-refractivity contribution in [3.05, 3.63) is 59.7 Å². The zero-order valence-corrected chi connectivity index (χ0v) is 20.5. The average molecular weight is 476 g/mol. The smallest absolute Gasteiger partial charge is 0.338 e. The molecular formula is C24H33N3O5S. The van der Waals surface area contributed by atoms with Gasteiger partial charge in [0.25, 0.3) is 5.91 Å². The van der Waals surface area contributed by atoms with Crippen molar-refractivity contribution >= 4 is 27.6 Å². The summed E-state index contributed by atoms with van der Waals surface area (Å²) in [5.41, 5.74) is 1.24. The maximum Gasteiger partial charge on any atom is 0.338 e. The second-order valence-electron chi connectivity index (χ2n) is 7.31. The Morgan fingerprint density at radius 1 is 0.818 bits per heavy atom. The molecule has 0 aliphatic carbocycles. The third-order valence-corrected chi connectivity index (χ3v) is 7.44. The molecule has 2 aromatic rings. The summed E-state index contributed by atoms with van der Waals surface area (Å²) in [6, 6.07) is 12.3. The molecule has 0 atom stereocenters.